The molecular formula is C23H21N3O4S3. The summed E-state index contributed by atoms with van der Waals surface area (Å²) in [5.74, 6) is -0.951. The number of sulfonamides is 1. The minimum atomic E-state index is -3.75. The third-order valence-corrected chi connectivity index (χ3v) is 8.75. The Kier molecular flexibility index (Phi) is 7.29. The van der Waals surface area contributed by atoms with Crippen LogP contribution in [-0.2, 0) is 23.0 Å². The van der Waals surface area contributed by atoms with Crippen molar-refractivity contribution in [2.24, 2.45) is 0 Å². The van der Waals surface area contributed by atoms with Crippen molar-refractivity contribution in [2.45, 2.75) is 24.3 Å². The van der Waals surface area contributed by atoms with Gasteiger partial charge in [0.1, 0.15) is 14.8 Å². The van der Waals surface area contributed by atoms with Crippen LogP contribution in [0.25, 0.3) is 10.6 Å². The Morgan fingerprint density at radius 1 is 1.06 bits per heavy atom. The molecule has 33 heavy (non-hydrogen) atoms. The zero-order valence-electron chi connectivity index (χ0n) is 17.5. The number of benzene rings is 1. The van der Waals surface area contributed by atoms with Crippen molar-refractivity contribution in [3.8, 4) is 10.6 Å². The van der Waals surface area contributed by atoms with Gasteiger partial charge >= 0.3 is 5.97 Å². The summed E-state index contributed by atoms with van der Waals surface area (Å²) < 4.78 is 28.1. The molecule has 0 aliphatic carbocycles. The van der Waals surface area contributed by atoms with E-state index in [1.54, 1.807) is 41.8 Å². The van der Waals surface area contributed by atoms with Crippen LogP contribution in [0.3, 0.4) is 0 Å². The maximum atomic E-state index is 13.3. The van der Waals surface area contributed by atoms with Gasteiger partial charge in [0.05, 0.1) is 0 Å². The monoisotopic (exact) mass is 499 g/mol. The zero-order chi connectivity index (χ0) is 23.3. The van der Waals surface area contributed by atoms with Gasteiger partial charge in [-0.15, -0.1) is 22.7 Å². The number of pyridine rings is 1. The van der Waals surface area contributed by atoms with Crippen LogP contribution in [-0.4, -0.2) is 40.3 Å². The Bertz CT molecular complexity index is 1300. The molecule has 3 aromatic heterocycles. The molecule has 0 saturated carbocycles. The first kappa shape index (κ1) is 23.2. The van der Waals surface area contributed by atoms with E-state index in [9.17, 15) is 13.2 Å². The van der Waals surface area contributed by atoms with E-state index >= 15 is 0 Å². The fraction of sp³-hybridized carbons (Fsp3) is 0.174. The van der Waals surface area contributed by atoms with E-state index in [2.05, 4.69) is 9.97 Å². The molecule has 0 spiro atoms. The predicted molar refractivity (Wildman–Crippen MR) is 129 cm³/mol. The number of carboxylic acids is 1. The lowest BCUT2D eigenvalue weighted by molar-refractivity contribution is 0.0702. The van der Waals surface area contributed by atoms with Gasteiger partial charge in [-0.3, -0.25) is 4.98 Å². The molecule has 4 rings (SSSR count). The minimum absolute atomic E-state index is 0.147. The molecule has 0 aliphatic heterocycles. The molecule has 7 nitrogen and oxygen atoms in total. The number of aromatic carboxylic acids is 1. The fourth-order valence-electron chi connectivity index (χ4n) is 3.31. The van der Waals surface area contributed by atoms with Gasteiger partial charge in [0.15, 0.2) is 0 Å². The Hall–Kier alpha value is -2.92. The molecule has 3 heterocycles. The predicted octanol–water partition coefficient (Wildman–Crippen LogP) is 4.79. The van der Waals surface area contributed by atoms with Crippen LogP contribution in [0.15, 0.2) is 77.4 Å². The smallest absolute Gasteiger partial charge is 0.345 e. The van der Waals surface area contributed by atoms with Crippen LogP contribution in [0.5, 0.6) is 0 Å². The Balaban J connectivity index is 1.51. The maximum absolute atomic E-state index is 13.3. The molecule has 1 aromatic carbocycles. The molecule has 0 atom stereocenters. The second kappa shape index (κ2) is 10.3. The van der Waals surface area contributed by atoms with Crippen LogP contribution in [0, 0.1) is 0 Å². The Labute approximate surface area is 200 Å². The average Bonchev–Trinajstić information content (AvgIpc) is 3.52. The second-order valence-electron chi connectivity index (χ2n) is 7.24. The third-order valence-electron chi connectivity index (χ3n) is 4.97. The Morgan fingerprint density at radius 2 is 1.88 bits per heavy atom. The first-order valence-electron chi connectivity index (χ1n) is 10.1. The molecule has 10 heteroatoms. The number of carboxylic acid groups (broad SMARTS) is 1. The van der Waals surface area contributed by atoms with Crippen molar-refractivity contribution in [3.05, 3.63) is 87.8 Å². The van der Waals surface area contributed by atoms with Gasteiger partial charge < -0.3 is 5.11 Å². The topological polar surface area (TPSA) is 100 Å². The Morgan fingerprint density at radius 3 is 2.52 bits per heavy atom. The van der Waals surface area contributed by atoms with Crippen LogP contribution in [0.2, 0.25) is 0 Å². The number of aryl methyl sites for hydroxylation is 1. The molecule has 0 saturated heterocycles. The van der Waals surface area contributed by atoms with E-state index < -0.39 is 16.0 Å². The van der Waals surface area contributed by atoms with Crippen LogP contribution in [0.1, 0.15) is 26.5 Å². The van der Waals surface area contributed by atoms with E-state index in [4.69, 9.17) is 5.11 Å². The van der Waals surface area contributed by atoms with Crippen molar-refractivity contribution in [2.75, 3.05) is 6.54 Å². The molecule has 170 valence electrons. The number of nitrogens with zero attached hydrogens (tertiary/aromatic N) is 3. The number of hydrogen-bond acceptors (Lipinski definition) is 7. The highest BCUT2D eigenvalue weighted by atomic mass is 32.2. The van der Waals surface area contributed by atoms with E-state index in [0.717, 1.165) is 21.0 Å². The summed E-state index contributed by atoms with van der Waals surface area (Å²) in [6, 6.07) is 14.2. The number of aromatic nitrogens is 2. The van der Waals surface area contributed by atoms with Crippen LogP contribution >= 0.6 is 22.7 Å². The van der Waals surface area contributed by atoms with Gasteiger partial charge in [0, 0.05) is 47.5 Å². The molecular weight excluding hydrogens is 478 g/mol. The summed E-state index contributed by atoms with van der Waals surface area (Å²) in [6.07, 6.45) is 5.81. The highest BCUT2D eigenvalue weighted by molar-refractivity contribution is 7.89. The first-order chi connectivity index (χ1) is 15.9. The fourth-order valence-corrected chi connectivity index (χ4v) is 6.28. The number of hydrogen-bond donors (Lipinski definition) is 1. The van der Waals surface area contributed by atoms with Crippen molar-refractivity contribution in [1.29, 1.82) is 0 Å². The average molecular weight is 500 g/mol. The quantitative estimate of drug-likeness (QED) is 0.337. The van der Waals surface area contributed by atoms with Crippen molar-refractivity contribution < 1.29 is 18.3 Å². The van der Waals surface area contributed by atoms with E-state index in [-0.39, 0.29) is 16.3 Å². The lowest BCUT2D eigenvalue weighted by Crippen LogP contribution is -2.32. The number of carbonyl (C=O) groups is 1. The molecule has 1 N–H and O–H groups in total. The highest BCUT2D eigenvalue weighted by Gasteiger charge is 2.25. The molecule has 0 aliphatic rings. The molecule has 0 radical (unpaired) electrons. The van der Waals surface area contributed by atoms with Crippen LogP contribution in [0.4, 0.5) is 0 Å². The van der Waals surface area contributed by atoms with Crippen molar-refractivity contribution in [1.82, 2.24) is 14.3 Å². The van der Waals surface area contributed by atoms with Gasteiger partial charge in [0.25, 0.3) is 0 Å². The number of thiophene rings is 1. The van der Waals surface area contributed by atoms with Gasteiger partial charge in [-0.1, -0.05) is 24.3 Å². The zero-order valence-corrected chi connectivity index (χ0v) is 19.9. The molecule has 0 bridgehead atoms. The van der Waals surface area contributed by atoms with Gasteiger partial charge in [-0.2, -0.15) is 4.31 Å². The largest absolute Gasteiger partial charge is 0.477 e. The summed E-state index contributed by atoms with van der Waals surface area (Å²) >= 11 is 2.77. The van der Waals surface area contributed by atoms with E-state index in [1.165, 1.54) is 28.0 Å². The van der Waals surface area contributed by atoms with Gasteiger partial charge in [0.2, 0.25) is 10.0 Å². The summed E-state index contributed by atoms with van der Waals surface area (Å²) in [5.41, 5.74) is 1.86. The molecule has 0 fully saturated rings. The van der Waals surface area contributed by atoms with Gasteiger partial charge in [-0.25, -0.2) is 18.2 Å². The summed E-state index contributed by atoms with van der Waals surface area (Å²) in [6.45, 7) is 0.520. The minimum Gasteiger partial charge on any atom is -0.477 e. The molecule has 0 unspecified atom stereocenters. The lowest BCUT2D eigenvalue weighted by Gasteiger charge is -2.22. The SMILES string of the molecule is O=C(O)c1ccc(CCCN(Cc2ccc(-c3nccs3)cc2)S(=O)(=O)c2cccnc2)s1. The van der Waals surface area contributed by atoms with Crippen molar-refractivity contribution >= 4 is 38.7 Å². The van der Waals surface area contributed by atoms with Crippen LogP contribution < -0.4 is 0 Å². The number of thiazole rings is 1. The summed E-state index contributed by atoms with van der Waals surface area (Å²) in [4.78, 5) is 20.7. The molecule has 0 amide bonds. The van der Waals surface area contributed by atoms with Gasteiger partial charge in [-0.05, 0) is 42.7 Å². The van der Waals surface area contributed by atoms with E-state index in [0.29, 0.717) is 19.4 Å². The number of rotatable bonds is 10. The highest BCUT2D eigenvalue weighted by Crippen LogP contribution is 2.24. The first-order valence-corrected chi connectivity index (χ1v) is 13.3. The van der Waals surface area contributed by atoms with E-state index in [1.807, 2.05) is 29.6 Å². The normalized spacial score (nSPS) is 11.7. The summed E-state index contributed by atoms with van der Waals surface area (Å²) in [5, 5.41) is 11.9. The lowest BCUT2D eigenvalue weighted by atomic mass is 10.1. The standard InChI is InChI=1S/C23H21N3O4S3/c27-23(28)21-10-9-19(32-21)3-2-13-26(33(29,30)20-4-1-11-24-15-20)16-17-5-7-18(8-6-17)22-25-12-14-31-22/h1,4-12,14-15H,2-3,13,16H2,(H,27,28). The second-order valence-corrected chi connectivity index (χ2v) is 11.2. The van der Waals surface area contributed by atoms with Crippen molar-refractivity contribution in [3.63, 3.8) is 0 Å². The maximum Gasteiger partial charge on any atom is 0.345 e. The summed E-state index contributed by atoms with van der Waals surface area (Å²) in [7, 11) is -3.75. The molecule has 4 aromatic rings. The third kappa shape index (κ3) is 5.72.